The summed E-state index contributed by atoms with van der Waals surface area (Å²) in [4.78, 5) is 14.1. The minimum Gasteiger partial charge on any atom is -0.491 e. The number of halogens is 3. The van der Waals surface area contributed by atoms with E-state index in [0.29, 0.717) is 30.2 Å². The summed E-state index contributed by atoms with van der Waals surface area (Å²) in [6.45, 7) is 4.43. The van der Waals surface area contributed by atoms with Crippen molar-refractivity contribution in [2.24, 2.45) is 0 Å². The molecule has 0 aliphatic carbocycles. The van der Waals surface area contributed by atoms with Crippen LogP contribution < -0.4 is 4.74 Å². The van der Waals surface area contributed by atoms with Crippen LogP contribution in [0.4, 0.5) is 8.78 Å². The van der Waals surface area contributed by atoms with E-state index in [9.17, 15) is 18.7 Å². The predicted octanol–water partition coefficient (Wildman–Crippen LogP) is 4.67. The molecule has 1 saturated heterocycles. The van der Waals surface area contributed by atoms with Crippen LogP contribution in [0.2, 0.25) is 5.02 Å². The molecule has 2 aromatic rings. The number of benzene rings is 2. The van der Waals surface area contributed by atoms with E-state index in [1.54, 1.807) is 0 Å². The van der Waals surface area contributed by atoms with Crippen LogP contribution in [0.15, 0.2) is 30.3 Å². The van der Waals surface area contributed by atoms with E-state index in [-0.39, 0.29) is 25.1 Å². The Balaban J connectivity index is 1.65. The van der Waals surface area contributed by atoms with Gasteiger partial charge >= 0.3 is 0 Å². The number of hydrogen-bond acceptors (Lipinski definition) is 3. The molecule has 0 aromatic heterocycles. The van der Waals surface area contributed by atoms with Crippen LogP contribution in [0.3, 0.4) is 0 Å². The summed E-state index contributed by atoms with van der Waals surface area (Å²) < 4.78 is 33.2. The highest BCUT2D eigenvalue weighted by Crippen LogP contribution is 2.29. The second-order valence-electron chi connectivity index (χ2n) is 7.65. The minimum absolute atomic E-state index is 0.0733. The third kappa shape index (κ3) is 5.06. The summed E-state index contributed by atoms with van der Waals surface area (Å²) in [5, 5.41) is 11.6. The molecule has 0 spiro atoms. The summed E-state index contributed by atoms with van der Waals surface area (Å²) in [7, 11) is 0. The van der Waals surface area contributed by atoms with Gasteiger partial charge in [-0.15, -0.1) is 0 Å². The van der Waals surface area contributed by atoms with Gasteiger partial charge in [-0.05, 0) is 74.6 Å². The van der Waals surface area contributed by atoms with Gasteiger partial charge in [0.05, 0.1) is 5.56 Å². The highest BCUT2D eigenvalue weighted by molar-refractivity contribution is 6.32. The molecule has 7 heteroatoms. The van der Waals surface area contributed by atoms with E-state index in [1.165, 1.54) is 4.90 Å². The number of amides is 1. The maximum atomic E-state index is 13.9. The van der Waals surface area contributed by atoms with Crippen molar-refractivity contribution in [2.75, 3.05) is 19.7 Å². The number of hydrogen-bond donors (Lipinski definition) is 1. The molecule has 1 heterocycles. The van der Waals surface area contributed by atoms with Crippen LogP contribution in [0.5, 0.6) is 5.75 Å². The zero-order valence-electron chi connectivity index (χ0n) is 16.5. The van der Waals surface area contributed by atoms with Crippen LogP contribution in [0.25, 0.3) is 0 Å². The Kier molecular flexibility index (Phi) is 6.44. The molecule has 156 valence electrons. The van der Waals surface area contributed by atoms with Gasteiger partial charge in [0.1, 0.15) is 29.6 Å². The average molecular weight is 424 g/mol. The number of likely N-dealkylation sites (tertiary alicyclic amines) is 1. The molecule has 1 N–H and O–H groups in total. The molecular formula is C22H24ClF2NO3. The first-order chi connectivity index (χ1) is 13.7. The molecule has 1 fully saturated rings. The van der Waals surface area contributed by atoms with E-state index in [0.717, 1.165) is 29.3 Å². The number of carbonyl (C=O) groups excluding carboxylic acids is 1. The molecule has 0 radical (unpaired) electrons. The van der Waals surface area contributed by atoms with Crippen LogP contribution in [-0.4, -0.2) is 41.2 Å². The molecule has 29 heavy (non-hydrogen) atoms. The Morgan fingerprint density at radius 3 is 2.55 bits per heavy atom. The van der Waals surface area contributed by atoms with Gasteiger partial charge in [-0.25, -0.2) is 8.78 Å². The molecule has 0 saturated carbocycles. The molecule has 3 rings (SSSR count). The third-order valence-corrected chi connectivity index (χ3v) is 5.88. The molecule has 1 atom stereocenters. The van der Waals surface area contributed by atoms with Gasteiger partial charge in [-0.3, -0.25) is 4.79 Å². The maximum absolute atomic E-state index is 13.9. The van der Waals surface area contributed by atoms with Crippen molar-refractivity contribution < 1.29 is 23.4 Å². The summed E-state index contributed by atoms with van der Waals surface area (Å²) in [5.74, 6) is -1.37. The van der Waals surface area contributed by atoms with Crippen molar-refractivity contribution in [3.8, 4) is 5.75 Å². The fourth-order valence-corrected chi connectivity index (χ4v) is 3.67. The molecule has 1 unspecified atom stereocenters. The Morgan fingerprint density at radius 1 is 1.17 bits per heavy atom. The molecule has 4 nitrogen and oxygen atoms in total. The van der Waals surface area contributed by atoms with Crippen LogP contribution in [-0.2, 0) is 0 Å². The molecule has 0 bridgehead atoms. The fraction of sp³-hybridized carbons (Fsp3) is 0.409. The quantitative estimate of drug-likeness (QED) is 0.777. The predicted molar refractivity (Wildman–Crippen MR) is 107 cm³/mol. The van der Waals surface area contributed by atoms with Gasteiger partial charge in [-0.2, -0.15) is 0 Å². The number of nitrogens with zero attached hydrogens (tertiary/aromatic N) is 1. The lowest BCUT2D eigenvalue weighted by Crippen LogP contribution is -2.38. The largest absolute Gasteiger partial charge is 0.491 e. The van der Waals surface area contributed by atoms with Gasteiger partial charge in [0, 0.05) is 18.1 Å². The van der Waals surface area contributed by atoms with Crippen molar-refractivity contribution >= 4 is 17.5 Å². The lowest BCUT2D eigenvalue weighted by Gasteiger charge is -2.27. The van der Waals surface area contributed by atoms with Gasteiger partial charge in [0.2, 0.25) is 0 Å². The first-order valence-electron chi connectivity index (χ1n) is 9.55. The van der Waals surface area contributed by atoms with Crippen molar-refractivity contribution in [1.29, 1.82) is 0 Å². The fourth-order valence-electron chi connectivity index (χ4n) is 3.57. The van der Waals surface area contributed by atoms with Crippen molar-refractivity contribution in [3.05, 3.63) is 63.7 Å². The number of aliphatic hydroxyl groups is 1. The van der Waals surface area contributed by atoms with Gasteiger partial charge < -0.3 is 14.7 Å². The highest BCUT2D eigenvalue weighted by atomic mass is 35.5. The number of rotatable bonds is 4. The first-order valence-corrected chi connectivity index (χ1v) is 9.92. The second-order valence-corrected chi connectivity index (χ2v) is 8.03. The average Bonchev–Trinajstić information content (AvgIpc) is 2.88. The van der Waals surface area contributed by atoms with E-state index in [2.05, 4.69) is 0 Å². The number of aryl methyl sites for hydroxylation is 2. The van der Waals surface area contributed by atoms with Crippen LogP contribution in [0.1, 0.15) is 40.7 Å². The van der Waals surface area contributed by atoms with Crippen LogP contribution >= 0.6 is 11.6 Å². The second kappa shape index (κ2) is 8.67. The Bertz CT molecular complexity index is 898. The summed E-state index contributed by atoms with van der Waals surface area (Å²) in [6.07, 6.45) is 1.25. The Labute approximate surface area is 174 Å². The van der Waals surface area contributed by atoms with E-state index in [4.69, 9.17) is 16.3 Å². The molecular weight excluding hydrogens is 400 g/mol. The standard InChI is InChI=1S/C22H24ClF2NO3/c1-14-10-17(11-15(2)20(14)23)29-13-22(28)6-3-8-26(9-7-22)21(27)18-12-16(24)4-5-19(18)25/h4-5,10-12,28H,3,6-9,13H2,1-2H3. The summed E-state index contributed by atoms with van der Waals surface area (Å²) in [5.41, 5.74) is 0.377. The monoisotopic (exact) mass is 423 g/mol. The molecule has 2 aromatic carbocycles. The zero-order chi connectivity index (χ0) is 21.2. The topological polar surface area (TPSA) is 49.8 Å². The molecule has 1 amide bonds. The Morgan fingerprint density at radius 2 is 1.86 bits per heavy atom. The zero-order valence-corrected chi connectivity index (χ0v) is 17.2. The minimum atomic E-state index is -1.11. The molecule has 1 aliphatic rings. The summed E-state index contributed by atoms with van der Waals surface area (Å²) in [6, 6.07) is 6.46. The van der Waals surface area contributed by atoms with Gasteiger partial charge in [0.25, 0.3) is 5.91 Å². The van der Waals surface area contributed by atoms with E-state index >= 15 is 0 Å². The third-order valence-electron chi connectivity index (χ3n) is 5.28. The SMILES string of the molecule is Cc1cc(OCC2(O)CCCN(C(=O)c3cc(F)ccc3F)CC2)cc(C)c1Cl. The van der Waals surface area contributed by atoms with E-state index in [1.807, 2.05) is 26.0 Å². The Hall–Kier alpha value is -2.18. The first kappa shape index (κ1) is 21.5. The lowest BCUT2D eigenvalue weighted by molar-refractivity contribution is -0.0163. The highest BCUT2D eigenvalue weighted by Gasteiger charge is 2.33. The van der Waals surface area contributed by atoms with Crippen molar-refractivity contribution in [3.63, 3.8) is 0 Å². The smallest absolute Gasteiger partial charge is 0.256 e. The number of ether oxygens (including phenoxy) is 1. The summed E-state index contributed by atoms with van der Waals surface area (Å²) >= 11 is 6.17. The normalized spacial score (nSPS) is 19.7. The molecule has 1 aliphatic heterocycles. The van der Waals surface area contributed by atoms with Crippen molar-refractivity contribution in [1.82, 2.24) is 4.90 Å². The van der Waals surface area contributed by atoms with Crippen molar-refractivity contribution in [2.45, 2.75) is 38.7 Å². The maximum Gasteiger partial charge on any atom is 0.256 e. The van der Waals surface area contributed by atoms with Crippen LogP contribution in [0, 0.1) is 25.5 Å². The van der Waals surface area contributed by atoms with Gasteiger partial charge in [-0.1, -0.05) is 11.6 Å². The van der Waals surface area contributed by atoms with Gasteiger partial charge in [0.15, 0.2) is 0 Å². The lowest BCUT2D eigenvalue weighted by atomic mass is 9.96. The number of carbonyl (C=O) groups is 1. The van der Waals surface area contributed by atoms with E-state index < -0.39 is 23.1 Å².